The fourth-order valence-electron chi connectivity index (χ4n) is 2.65. The fraction of sp³-hybridized carbons (Fsp3) is 0.0476. The Balaban J connectivity index is 1.57. The van der Waals surface area contributed by atoms with Gasteiger partial charge in [0.15, 0.2) is 5.17 Å². The summed E-state index contributed by atoms with van der Waals surface area (Å²) in [5, 5.41) is 3.79. The molecule has 0 aliphatic carbocycles. The van der Waals surface area contributed by atoms with Crippen LogP contribution in [0.15, 0.2) is 68.9 Å². The van der Waals surface area contributed by atoms with Crippen LogP contribution in [0.2, 0.25) is 5.02 Å². The Morgan fingerprint density at radius 3 is 2.86 bits per heavy atom. The van der Waals surface area contributed by atoms with E-state index in [1.165, 1.54) is 23.9 Å². The molecular weight excluding hydrogens is 399 g/mol. The van der Waals surface area contributed by atoms with Gasteiger partial charge in [-0.2, -0.15) is 0 Å². The van der Waals surface area contributed by atoms with Crippen LogP contribution in [0.1, 0.15) is 11.3 Å². The lowest BCUT2D eigenvalue weighted by Crippen LogP contribution is -2.19. The number of hydrogen-bond donors (Lipinski definition) is 1. The second kappa shape index (κ2) is 7.66. The Bertz CT molecular complexity index is 1140. The minimum absolute atomic E-state index is 0.257. The van der Waals surface area contributed by atoms with Crippen LogP contribution in [-0.2, 0) is 4.79 Å². The molecular formula is C21H14ClFN2O2S. The molecule has 0 bridgehead atoms. The molecule has 0 atom stereocenters. The summed E-state index contributed by atoms with van der Waals surface area (Å²) in [5.74, 6) is 0.430. The van der Waals surface area contributed by atoms with Crippen LogP contribution < -0.4 is 5.32 Å². The number of amides is 1. The first-order valence-corrected chi connectivity index (χ1v) is 9.59. The summed E-state index contributed by atoms with van der Waals surface area (Å²) in [6.45, 7) is 1.92. The zero-order chi connectivity index (χ0) is 19.7. The highest BCUT2D eigenvalue weighted by Gasteiger charge is 2.24. The molecule has 0 unspecified atom stereocenters. The van der Waals surface area contributed by atoms with Gasteiger partial charge in [-0.15, -0.1) is 0 Å². The SMILES string of the molecule is Cc1ccc(Cl)cc1N=C1NC(=O)/C(=C/c2ccc(-c3cccc(F)c3)o2)S1. The van der Waals surface area contributed by atoms with Crippen molar-refractivity contribution in [1.29, 1.82) is 0 Å². The van der Waals surface area contributed by atoms with Gasteiger partial charge in [-0.05, 0) is 60.6 Å². The fourth-order valence-corrected chi connectivity index (χ4v) is 3.63. The van der Waals surface area contributed by atoms with Gasteiger partial charge in [0.1, 0.15) is 17.3 Å². The van der Waals surface area contributed by atoms with Crippen LogP contribution in [0.25, 0.3) is 17.4 Å². The number of benzene rings is 2. The first kappa shape index (κ1) is 18.5. The third-order valence-electron chi connectivity index (χ3n) is 4.05. The van der Waals surface area contributed by atoms with E-state index in [0.717, 1.165) is 5.56 Å². The number of carbonyl (C=O) groups is 1. The Morgan fingerprint density at radius 1 is 1.18 bits per heavy atom. The Labute approximate surface area is 170 Å². The molecule has 1 aromatic heterocycles. The van der Waals surface area contributed by atoms with Crippen molar-refractivity contribution in [1.82, 2.24) is 5.32 Å². The van der Waals surface area contributed by atoms with Gasteiger partial charge in [0, 0.05) is 16.7 Å². The van der Waals surface area contributed by atoms with Crippen LogP contribution >= 0.6 is 23.4 Å². The van der Waals surface area contributed by atoms with E-state index >= 15 is 0 Å². The molecule has 4 rings (SSSR count). The van der Waals surface area contributed by atoms with E-state index in [9.17, 15) is 9.18 Å². The minimum Gasteiger partial charge on any atom is -0.457 e. The van der Waals surface area contributed by atoms with Crippen LogP contribution in [0.5, 0.6) is 0 Å². The first-order valence-electron chi connectivity index (χ1n) is 8.39. The molecule has 4 nitrogen and oxygen atoms in total. The number of aryl methyl sites for hydroxylation is 1. The van der Waals surface area contributed by atoms with Gasteiger partial charge >= 0.3 is 0 Å². The lowest BCUT2D eigenvalue weighted by atomic mass is 10.2. The standard InChI is InChI=1S/C21H14ClFN2O2S/c1-12-5-6-14(22)10-17(12)24-21-25-20(26)19(28-21)11-16-7-8-18(27-16)13-3-2-4-15(23)9-13/h2-11H,1H3,(H,24,25,26)/b19-11-. The topological polar surface area (TPSA) is 54.6 Å². The van der Waals surface area contributed by atoms with E-state index in [2.05, 4.69) is 10.3 Å². The summed E-state index contributed by atoms with van der Waals surface area (Å²) in [4.78, 5) is 17.2. The van der Waals surface area contributed by atoms with Crippen molar-refractivity contribution in [2.24, 2.45) is 4.99 Å². The van der Waals surface area contributed by atoms with Gasteiger partial charge in [0.2, 0.25) is 0 Å². The molecule has 2 aromatic carbocycles. The number of rotatable bonds is 3. The molecule has 1 fully saturated rings. The lowest BCUT2D eigenvalue weighted by molar-refractivity contribution is -0.115. The number of aliphatic imine (C=N–C) groups is 1. The first-order chi connectivity index (χ1) is 13.5. The Morgan fingerprint density at radius 2 is 2.04 bits per heavy atom. The zero-order valence-electron chi connectivity index (χ0n) is 14.7. The summed E-state index contributed by atoms with van der Waals surface area (Å²) in [5.41, 5.74) is 2.28. The maximum Gasteiger partial charge on any atom is 0.264 e. The molecule has 7 heteroatoms. The van der Waals surface area contributed by atoms with Crippen molar-refractivity contribution in [3.63, 3.8) is 0 Å². The highest BCUT2D eigenvalue weighted by atomic mass is 35.5. The van der Waals surface area contributed by atoms with Gasteiger partial charge in [-0.1, -0.05) is 29.8 Å². The van der Waals surface area contributed by atoms with Crippen LogP contribution in [0, 0.1) is 12.7 Å². The van der Waals surface area contributed by atoms with E-state index < -0.39 is 0 Å². The highest BCUT2D eigenvalue weighted by molar-refractivity contribution is 8.18. The van der Waals surface area contributed by atoms with Crippen molar-refractivity contribution >= 4 is 46.2 Å². The van der Waals surface area contributed by atoms with Gasteiger partial charge in [-0.3, -0.25) is 4.79 Å². The highest BCUT2D eigenvalue weighted by Crippen LogP contribution is 2.31. The predicted octanol–water partition coefficient (Wildman–Crippen LogP) is 5.94. The van der Waals surface area contributed by atoms with Crippen molar-refractivity contribution in [2.75, 3.05) is 0 Å². The largest absolute Gasteiger partial charge is 0.457 e. The van der Waals surface area contributed by atoms with E-state index in [1.54, 1.807) is 42.5 Å². The lowest BCUT2D eigenvalue weighted by Gasteiger charge is -2.01. The number of furan rings is 1. The van der Waals surface area contributed by atoms with Crippen LogP contribution in [0.4, 0.5) is 10.1 Å². The van der Waals surface area contributed by atoms with Gasteiger partial charge in [0.25, 0.3) is 5.91 Å². The number of amidine groups is 1. The molecule has 0 saturated carbocycles. The average molecular weight is 413 g/mol. The van der Waals surface area contributed by atoms with Crippen LogP contribution in [-0.4, -0.2) is 11.1 Å². The summed E-state index contributed by atoms with van der Waals surface area (Å²) in [6, 6.07) is 15.0. The van der Waals surface area contributed by atoms with Crippen molar-refractivity contribution in [2.45, 2.75) is 6.92 Å². The third-order valence-corrected chi connectivity index (χ3v) is 5.20. The van der Waals surface area contributed by atoms with Crippen molar-refractivity contribution in [3.05, 3.63) is 81.7 Å². The molecule has 1 N–H and O–H groups in total. The smallest absolute Gasteiger partial charge is 0.264 e. The predicted molar refractivity (Wildman–Crippen MR) is 111 cm³/mol. The molecule has 0 spiro atoms. The number of halogens is 2. The third kappa shape index (κ3) is 4.03. The minimum atomic E-state index is -0.336. The Hall–Kier alpha value is -2.83. The molecule has 1 aliphatic heterocycles. The summed E-state index contributed by atoms with van der Waals surface area (Å²) in [6.07, 6.45) is 1.64. The zero-order valence-corrected chi connectivity index (χ0v) is 16.3. The normalized spacial score (nSPS) is 16.8. The summed E-state index contributed by atoms with van der Waals surface area (Å²) >= 11 is 7.24. The van der Waals surface area contributed by atoms with E-state index in [1.807, 2.05) is 13.0 Å². The molecule has 0 radical (unpaired) electrons. The summed E-state index contributed by atoms with van der Waals surface area (Å²) in [7, 11) is 0. The van der Waals surface area contributed by atoms with Crippen molar-refractivity contribution in [3.8, 4) is 11.3 Å². The molecule has 1 amide bonds. The second-order valence-corrected chi connectivity index (χ2v) is 7.59. The van der Waals surface area contributed by atoms with Crippen LogP contribution in [0.3, 0.4) is 0 Å². The Kier molecular flexibility index (Phi) is 5.07. The summed E-state index contributed by atoms with van der Waals surface area (Å²) < 4.78 is 19.1. The maximum absolute atomic E-state index is 13.4. The van der Waals surface area contributed by atoms with Crippen molar-refractivity contribution < 1.29 is 13.6 Å². The van der Waals surface area contributed by atoms with Gasteiger partial charge in [-0.25, -0.2) is 9.38 Å². The van der Waals surface area contributed by atoms with E-state index in [4.69, 9.17) is 16.0 Å². The van der Waals surface area contributed by atoms with E-state index in [-0.39, 0.29) is 11.7 Å². The quantitative estimate of drug-likeness (QED) is 0.541. The molecule has 1 saturated heterocycles. The number of hydrogen-bond acceptors (Lipinski definition) is 4. The second-order valence-electron chi connectivity index (χ2n) is 6.12. The molecule has 2 heterocycles. The number of thioether (sulfide) groups is 1. The molecule has 3 aromatic rings. The van der Waals surface area contributed by atoms with E-state index in [0.29, 0.717) is 37.9 Å². The average Bonchev–Trinajstić information content (AvgIpc) is 3.25. The van der Waals surface area contributed by atoms with Gasteiger partial charge in [0.05, 0.1) is 10.6 Å². The monoisotopic (exact) mass is 412 g/mol. The van der Waals surface area contributed by atoms with Gasteiger partial charge < -0.3 is 9.73 Å². The maximum atomic E-state index is 13.4. The number of nitrogens with zero attached hydrogens (tertiary/aromatic N) is 1. The number of nitrogens with one attached hydrogen (secondary N) is 1. The number of carbonyl (C=O) groups excluding carboxylic acids is 1. The molecule has 140 valence electrons. The molecule has 1 aliphatic rings. The molecule has 28 heavy (non-hydrogen) atoms.